The Morgan fingerprint density at radius 2 is 1.86 bits per heavy atom. The van der Waals surface area contributed by atoms with Crippen molar-refractivity contribution in [1.29, 1.82) is 0 Å². The largest absolute Gasteiger partial charge is 0.444 e. The van der Waals surface area contributed by atoms with Crippen molar-refractivity contribution in [2.75, 3.05) is 23.4 Å². The number of carbonyl (C=O) groups is 1. The van der Waals surface area contributed by atoms with Gasteiger partial charge in [0.05, 0.1) is 24.1 Å². The lowest BCUT2D eigenvalue weighted by molar-refractivity contribution is -0.0219. The maximum Gasteiger partial charge on any atom is 0.410 e. The van der Waals surface area contributed by atoms with Crippen LogP contribution in [0.15, 0.2) is 12.3 Å². The predicted octanol–water partition coefficient (Wildman–Crippen LogP) is 7.18. The molecule has 0 aliphatic rings. The van der Waals surface area contributed by atoms with E-state index in [4.69, 9.17) is 14.5 Å². The summed E-state index contributed by atoms with van der Waals surface area (Å²) in [6, 6.07) is 1.78. The lowest BCUT2D eigenvalue weighted by Crippen LogP contribution is -2.41. The van der Waals surface area contributed by atoms with Crippen molar-refractivity contribution in [3.8, 4) is 0 Å². The first-order valence-corrected chi connectivity index (χ1v) is 13.6. The molecule has 0 bridgehead atoms. The number of carbonyl (C=O) groups excluding carboxylic acids is 1. The molecule has 1 amide bonds. The second-order valence-electron chi connectivity index (χ2n) is 10.3. The van der Waals surface area contributed by atoms with Gasteiger partial charge in [-0.25, -0.2) is 13.5 Å². The number of anilines is 1. The molecule has 0 saturated heterocycles. The number of rotatable bonds is 10. The maximum atomic E-state index is 13.4. The first-order valence-electron chi connectivity index (χ1n) is 12.5. The summed E-state index contributed by atoms with van der Waals surface area (Å²) in [6.07, 6.45) is 2.95. The van der Waals surface area contributed by atoms with E-state index in [0.29, 0.717) is 31.2 Å². The molecule has 11 heteroatoms. The molecule has 2 aromatic heterocycles. The SMILES string of the molecule is CC.CCCC(CN(CCOC(C)(C)C)C(=O)OC(C)(C)C)c1cc(N(S)SF)n2ncc(C)c2n1. The molecule has 8 nitrogen and oxygen atoms in total. The fourth-order valence-electron chi connectivity index (χ4n) is 3.45. The highest BCUT2D eigenvalue weighted by Gasteiger charge is 2.27. The van der Waals surface area contributed by atoms with Crippen LogP contribution < -0.4 is 3.71 Å². The normalized spacial score (nSPS) is 12.7. The number of thiol groups is 1. The molecule has 0 radical (unpaired) electrons. The number of amides is 1. The molecule has 0 aliphatic carbocycles. The number of hydrogen-bond acceptors (Lipinski definition) is 8. The molecule has 2 rings (SSSR count). The van der Waals surface area contributed by atoms with Gasteiger partial charge in [0.1, 0.15) is 5.60 Å². The van der Waals surface area contributed by atoms with Gasteiger partial charge in [-0.2, -0.15) is 9.61 Å². The minimum Gasteiger partial charge on any atom is -0.444 e. The number of ether oxygens (including phenoxy) is 2. The van der Waals surface area contributed by atoms with Crippen LogP contribution in [0.2, 0.25) is 0 Å². The van der Waals surface area contributed by atoms with Crippen LogP contribution in [-0.4, -0.2) is 56.5 Å². The summed E-state index contributed by atoms with van der Waals surface area (Å²) >= 11 is 4.21. The van der Waals surface area contributed by atoms with E-state index in [-0.39, 0.29) is 23.9 Å². The molecule has 0 spiro atoms. The number of aromatic nitrogens is 3. The standard InChI is InChI=1S/C23H38FN5O3S2.C2H6/c1-9-10-17(15-27(11-12-31-22(3,4)5)21(30)32-23(6,7)8)18-13-19(29(33)34-24)28-20(26-18)16(2)14-25-28;1-2/h13-14,17,33H,9-12,15H2,1-8H3;1-2H3. The van der Waals surface area contributed by atoms with E-state index in [2.05, 4.69) is 24.8 Å². The Balaban J connectivity index is 0.00000316. The summed E-state index contributed by atoms with van der Waals surface area (Å²) in [5.41, 5.74) is 1.30. The third-order valence-corrected chi connectivity index (χ3v) is 5.66. The van der Waals surface area contributed by atoms with Gasteiger partial charge in [0, 0.05) is 30.6 Å². The summed E-state index contributed by atoms with van der Waals surface area (Å²) in [4.78, 5) is 19.6. The predicted molar refractivity (Wildman–Crippen MR) is 150 cm³/mol. The highest BCUT2D eigenvalue weighted by atomic mass is 32.2. The lowest BCUT2D eigenvalue weighted by Gasteiger charge is -2.31. The molecule has 0 aliphatic heterocycles. The lowest BCUT2D eigenvalue weighted by atomic mass is 9.98. The summed E-state index contributed by atoms with van der Waals surface area (Å²) in [6.45, 7) is 20.6. The molecule has 2 heterocycles. The molecule has 206 valence electrons. The van der Waals surface area contributed by atoms with E-state index in [9.17, 15) is 8.68 Å². The van der Waals surface area contributed by atoms with Crippen molar-refractivity contribution in [3.05, 3.63) is 23.5 Å². The Morgan fingerprint density at radius 1 is 1.22 bits per heavy atom. The minimum absolute atomic E-state index is 0.0179. The van der Waals surface area contributed by atoms with Crippen LogP contribution in [-0.2, 0) is 9.47 Å². The monoisotopic (exact) mass is 545 g/mol. The molecule has 2 aromatic rings. The zero-order chi connectivity index (χ0) is 27.7. The minimum atomic E-state index is -0.621. The number of hydrogen-bond donors (Lipinski definition) is 1. The Labute approximate surface area is 226 Å². The first-order chi connectivity index (χ1) is 16.8. The maximum absolute atomic E-state index is 13.4. The van der Waals surface area contributed by atoms with Gasteiger partial charge in [-0.1, -0.05) is 40.0 Å². The second kappa shape index (κ2) is 14.3. The van der Waals surface area contributed by atoms with Crippen molar-refractivity contribution < 1.29 is 18.2 Å². The van der Waals surface area contributed by atoms with E-state index in [1.807, 2.05) is 62.3 Å². The van der Waals surface area contributed by atoms with E-state index in [0.717, 1.165) is 27.8 Å². The van der Waals surface area contributed by atoms with Gasteiger partial charge >= 0.3 is 6.09 Å². The zero-order valence-corrected chi connectivity index (χ0v) is 25.2. The van der Waals surface area contributed by atoms with Crippen LogP contribution in [0.5, 0.6) is 0 Å². The van der Waals surface area contributed by atoms with Crippen LogP contribution >= 0.6 is 25.1 Å². The molecule has 1 unspecified atom stereocenters. The fourth-order valence-corrected chi connectivity index (χ4v) is 3.79. The quantitative estimate of drug-likeness (QED) is 0.250. The van der Waals surface area contributed by atoms with Crippen molar-refractivity contribution in [2.24, 2.45) is 0 Å². The Kier molecular flexibility index (Phi) is 12.8. The van der Waals surface area contributed by atoms with Gasteiger partial charge < -0.3 is 14.4 Å². The van der Waals surface area contributed by atoms with Crippen LogP contribution in [0.3, 0.4) is 0 Å². The highest BCUT2D eigenvalue weighted by molar-refractivity contribution is 8.08. The van der Waals surface area contributed by atoms with Crippen LogP contribution in [0.4, 0.5) is 14.5 Å². The third kappa shape index (κ3) is 9.97. The second-order valence-corrected chi connectivity index (χ2v) is 11.5. The van der Waals surface area contributed by atoms with E-state index in [1.54, 1.807) is 21.7 Å². The molecule has 0 saturated carbocycles. The van der Waals surface area contributed by atoms with Gasteiger partial charge in [-0.3, -0.25) is 0 Å². The van der Waals surface area contributed by atoms with Gasteiger partial charge in [0.25, 0.3) is 0 Å². The molecule has 0 aromatic carbocycles. The first kappa shape index (κ1) is 32.3. The average molecular weight is 546 g/mol. The van der Waals surface area contributed by atoms with Crippen molar-refractivity contribution in [1.82, 2.24) is 19.5 Å². The molecule has 0 N–H and O–H groups in total. The molecule has 1 atom stereocenters. The Morgan fingerprint density at radius 3 is 2.39 bits per heavy atom. The summed E-state index contributed by atoms with van der Waals surface area (Å²) in [5.74, 6) is 0.349. The molecular weight excluding hydrogens is 501 g/mol. The smallest absolute Gasteiger partial charge is 0.410 e. The van der Waals surface area contributed by atoms with E-state index < -0.39 is 11.7 Å². The van der Waals surface area contributed by atoms with Crippen LogP contribution in [0.25, 0.3) is 5.65 Å². The van der Waals surface area contributed by atoms with Gasteiger partial charge in [-0.05, 0) is 54.9 Å². The highest BCUT2D eigenvalue weighted by Crippen LogP contribution is 2.31. The van der Waals surface area contributed by atoms with E-state index in [1.165, 1.54) is 0 Å². The van der Waals surface area contributed by atoms with Crippen molar-refractivity contribution in [3.63, 3.8) is 0 Å². The number of fused-ring (bicyclic) bond motifs is 1. The van der Waals surface area contributed by atoms with Crippen molar-refractivity contribution in [2.45, 2.75) is 99.2 Å². The van der Waals surface area contributed by atoms with Crippen LogP contribution in [0, 0.1) is 6.92 Å². The third-order valence-electron chi connectivity index (χ3n) is 4.95. The summed E-state index contributed by atoms with van der Waals surface area (Å²) in [7, 11) is 0. The molecule has 36 heavy (non-hydrogen) atoms. The number of nitrogens with zero attached hydrogens (tertiary/aromatic N) is 5. The fraction of sp³-hybridized carbons (Fsp3) is 0.720. The number of halogens is 1. The zero-order valence-electron chi connectivity index (χ0n) is 23.5. The van der Waals surface area contributed by atoms with Gasteiger partial charge in [-0.15, -0.1) is 3.89 Å². The van der Waals surface area contributed by atoms with Crippen molar-refractivity contribution >= 4 is 42.7 Å². The van der Waals surface area contributed by atoms with E-state index >= 15 is 0 Å². The molecular formula is C25H44FN5O3S2. The summed E-state index contributed by atoms with van der Waals surface area (Å²) in [5, 5.41) is 4.31. The number of aryl methyl sites for hydroxylation is 1. The molecule has 0 fully saturated rings. The Hall–Kier alpha value is -1.72. The summed E-state index contributed by atoms with van der Waals surface area (Å²) < 4.78 is 27.6. The van der Waals surface area contributed by atoms with Gasteiger partial charge in [0.2, 0.25) is 0 Å². The Bertz CT molecular complexity index is 960. The topological polar surface area (TPSA) is 72.2 Å². The van der Waals surface area contributed by atoms with Gasteiger partial charge in [0.15, 0.2) is 23.8 Å². The average Bonchev–Trinajstić information content (AvgIpc) is 3.16. The van der Waals surface area contributed by atoms with Crippen LogP contribution in [0.1, 0.15) is 92.3 Å².